The van der Waals surface area contributed by atoms with Crippen LogP contribution in [0.3, 0.4) is 0 Å². The number of rotatable bonds is 5. The zero-order chi connectivity index (χ0) is 18.9. The maximum atomic E-state index is 14.2. The molecule has 1 aromatic heterocycles. The van der Waals surface area contributed by atoms with Crippen molar-refractivity contribution in [3.05, 3.63) is 39.8 Å². The number of aromatic nitrogens is 3. The Morgan fingerprint density at radius 1 is 1.40 bits per heavy atom. The fourth-order valence-electron chi connectivity index (χ4n) is 1.94. The highest BCUT2D eigenvalue weighted by Crippen LogP contribution is 2.24. The highest BCUT2D eigenvalue weighted by Gasteiger charge is 2.23. The lowest BCUT2D eigenvalue weighted by Gasteiger charge is -2.10. The van der Waals surface area contributed by atoms with Crippen LogP contribution in [0.4, 0.5) is 18.9 Å². The molecule has 0 saturated carbocycles. The van der Waals surface area contributed by atoms with E-state index in [0.29, 0.717) is 15.3 Å². The summed E-state index contributed by atoms with van der Waals surface area (Å²) in [6, 6.07) is 3.15. The Labute approximate surface area is 140 Å². The van der Waals surface area contributed by atoms with Gasteiger partial charge in [-0.2, -0.15) is 9.94 Å². The van der Waals surface area contributed by atoms with Crippen molar-refractivity contribution in [3.8, 4) is 11.8 Å². The Hall–Kier alpha value is -2.81. The molecule has 1 aromatic carbocycles. The molecule has 1 N–H and O–H groups in total. The number of nitrogens with one attached hydrogen (secondary N) is 1. The average Bonchev–Trinajstić information content (AvgIpc) is 2.84. The van der Waals surface area contributed by atoms with Gasteiger partial charge in [0.2, 0.25) is 15.8 Å². The van der Waals surface area contributed by atoms with Crippen LogP contribution in [0.2, 0.25) is 0 Å². The maximum absolute atomic E-state index is 14.2. The summed E-state index contributed by atoms with van der Waals surface area (Å²) in [7, 11) is -2.76. The van der Waals surface area contributed by atoms with E-state index < -0.39 is 39.5 Å². The van der Waals surface area contributed by atoms with E-state index in [1.807, 2.05) is 0 Å². The van der Waals surface area contributed by atoms with Gasteiger partial charge in [0.1, 0.15) is 11.8 Å². The van der Waals surface area contributed by atoms with E-state index in [0.717, 1.165) is 13.1 Å². The maximum Gasteiger partial charge on any atom is 0.350 e. The van der Waals surface area contributed by atoms with Crippen molar-refractivity contribution in [2.24, 2.45) is 7.05 Å². The molecular weight excluding hydrogens is 363 g/mol. The van der Waals surface area contributed by atoms with E-state index in [1.165, 1.54) is 6.92 Å². The van der Waals surface area contributed by atoms with Gasteiger partial charge in [0, 0.05) is 7.05 Å². The lowest BCUT2D eigenvalue weighted by Crippen LogP contribution is -2.23. The van der Waals surface area contributed by atoms with Gasteiger partial charge in [-0.3, -0.25) is 9.29 Å². The van der Waals surface area contributed by atoms with Gasteiger partial charge < -0.3 is 0 Å². The highest BCUT2D eigenvalue weighted by molar-refractivity contribution is 7.92. The smallest absolute Gasteiger partial charge is 0.282 e. The number of sulfonamides is 1. The van der Waals surface area contributed by atoms with Crippen LogP contribution in [0.5, 0.6) is 0 Å². The first-order valence-electron chi connectivity index (χ1n) is 6.80. The molecule has 2 aromatic rings. The Balaban J connectivity index is 2.70. The van der Waals surface area contributed by atoms with Crippen LogP contribution < -0.4 is 10.4 Å². The minimum absolute atomic E-state index is 0.295. The van der Waals surface area contributed by atoms with Crippen molar-refractivity contribution in [2.45, 2.75) is 13.3 Å². The van der Waals surface area contributed by atoms with Gasteiger partial charge in [0.25, 0.3) is 6.43 Å². The van der Waals surface area contributed by atoms with E-state index in [1.54, 1.807) is 6.07 Å². The molecule has 12 heteroatoms. The zero-order valence-corrected chi connectivity index (χ0v) is 13.8. The lowest BCUT2D eigenvalue weighted by atomic mass is 10.1. The number of nitrogens with zero attached hydrogens (tertiary/aromatic N) is 4. The van der Waals surface area contributed by atoms with Gasteiger partial charge in [0.15, 0.2) is 5.82 Å². The summed E-state index contributed by atoms with van der Waals surface area (Å²) in [5.74, 6) is -2.30. The lowest BCUT2D eigenvalue weighted by molar-refractivity contribution is 0.136. The van der Waals surface area contributed by atoms with Crippen LogP contribution in [0, 0.1) is 17.1 Å². The second kappa shape index (κ2) is 6.60. The van der Waals surface area contributed by atoms with Crippen LogP contribution in [0.1, 0.15) is 24.7 Å². The minimum atomic E-state index is -3.80. The molecule has 134 valence electrons. The molecule has 0 spiro atoms. The van der Waals surface area contributed by atoms with Crippen LogP contribution in [-0.2, 0) is 17.1 Å². The van der Waals surface area contributed by atoms with Gasteiger partial charge >= 0.3 is 5.69 Å². The Morgan fingerprint density at radius 3 is 2.52 bits per heavy atom. The summed E-state index contributed by atoms with van der Waals surface area (Å²) in [5, 5.41) is 12.4. The number of hydrogen-bond donors (Lipinski definition) is 1. The Kier molecular flexibility index (Phi) is 4.89. The molecule has 0 fully saturated rings. The molecule has 0 saturated heterocycles. The quantitative estimate of drug-likeness (QED) is 0.847. The van der Waals surface area contributed by atoms with Crippen molar-refractivity contribution < 1.29 is 21.6 Å². The highest BCUT2D eigenvalue weighted by atomic mass is 32.2. The first kappa shape index (κ1) is 18.5. The zero-order valence-electron chi connectivity index (χ0n) is 13.0. The molecule has 0 radical (unpaired) electrons. The molecule has 0 aliphatic heterocycles. The third-order valence-corrected chi connectivity index (χ3v) is 4.58. The third kappa shape index (κ3) is 3.50. The Morgan fingerprint density at radius 2 is 2.04 bits per heavy atom. The second-order valence-electron chi connectivity index (χ2n) is 4.88. The molecule has 0 aliphatic carbocycles. The normalized spacial score (nSPS) is 11.6. The van der Waals surface area contributed by atoms with Crippen molar-refractivity contribution in [1.82, 2.24) is 14.3 Å². The summed E-state index contributed by atoms with van der Waals surface area (Å²) >= 11 is 0. The van der Waals surface area contributed by atoms with E-state index in [4.69, 9.17) is 5.26 Å². The molecule has 8 nitrogen and oxygen atoms in total. The fourth-order valence-corrected chi connectivity index (χ4v) is 2.59. The van der Waals surface area contributed by atoms with E-state index in [-0.39, 0.29) is 17.0 Å². The van der Waals surface area contributed by atoms with Gasteiger partial charge in [0.05, 0.1) is 17.0 Å². The molecule has 0 atom stereocenters. The SMILES string of the molecule is CCS(=O)(=O)Nc1cc(-n2nc(C(F)F)n(C)c2=O)c(F)cc1C#N. The summed E-state index contributed by atoms with van der Waals surface area (Å²) in [5.41, 5.74) is -2.25. The largest absolute Gasteiger partial charge is 0.350 e. The van der Waals surface area contributed by atoms with Crippen molar-refractivity contribution in [2.75, 3.05) is 10.5 Å². The van der Waals surface area contributed by atoms with E-state index >= 15 is 0 Å². The van der Waals surface area contributed by atoms with Crippen molar-refractivity contribution in [1.29, 1.82) is 5.26 Å². The molecule has 0 unspecified atom stereocenters. The molecule has 2 rings (SSSR count). The topological polar surface area (TPSA) is 110 Å². The molecule has 25 heavy (non-hydrogen) atoms. The summed E-state index contributed by atoms with van der Waals surface area (Å²) in [6.45, 7) is 1.34. The number of halogens is 3. The number of hydrogen-bond acceptors (Lipinski definition) is 5. The van der Waals surface area contributed by atoms with Gasteiger partial charge in [-0.25, -0.2) is 26.4 Å². The van der Waals surface area contributed by atoms with Gasteiger partial charge in [-0.05, 0) is 19.1 Å². The predicted octanol–water partition coefficient (Wildman–Crippen LogP) is 1.28. The number of benzene rings is 1. The number of nitriles is 1. The molecule has 0 amide bonds. The summed E-state index contributed by atoms with van der Waals surface area (Å²) in [4.78, 5) is 12.0. The second-order valence-corrected chi connectivity index (χ2v) is 6.89. The van der Waals surface area contributed by atoms with Crippen LogP contribution >= 0.6 is 0 Å². The molecular formula is C13H12F3N5O3S. The van der Waals surface area contributed by atoms with Crippen LogP contribution in [0.25, 0.3) is 5.69 Å². The molecule has 0 bridgehead atoms. The monoisotopic (exact) mass is 375 g/mol. The third-order valence-electron chi connectivity index (χ3n) is 3.29. The van der Waals surface area contributed by atoms with Crippen LogP contribution in [0.15, 0.2) is 16.9 Å². The number of alkyl halides is 2. The van der Waals surface area contributed by atoms with Crippen LogP contribution in [-0.4, -0.2) is 28.5 Å². The van der Waals surface area contributed by atoms with Gasteiger partial charge in [-0.1, -0.05) is 0 Å². The van der Waals surface area contributed by atoms with E-state index in [9.17, 15) is 26.4 Å². The number of anilines is 1. The van der Waals surface area contributed by atoms with E-state index in [2.05, 4.69) is 9.82 Å². The van der Waals surface area contributed by atoms with Gasteiger partial charge in [-0.15, -0.1) is 5.10 Å². The standard InChI is InChI=1S/C13H12F3N5O3S/c1-3-25(23,24)19-9-5-10(8(14)4-7(9)6-17)21-13(22)20(2)12(18-21)11(15)16/h4-5,11,19H,3H2,1-2H3. The first-order chi connectivity index (χ1) is 11.6. The summed E-state index contributed by atoms with van der Waals surface area (Å²) < 4.78 is 66.2. The molecule has 0 aliphatic rings. The van der Waals surface area contributed by atoms with Crippen molar-refractivity contribution in [3.63, 3.8) is 0 Å². The molecule has 1 heterocycles. The average molecular weight is 375 g/mol. The fraction of sp³-hybridized carbons (Fsp3) is 0.308. The predicted molar refractivity (Wildman–Crippen MR) is 81.5 cm³/mol. The first-order valence-corrected chi connectivity index (χ1v) is 8.45. The van der Waals surface area contributed by atoms with Crippen molar-refractivity contribution >= 4 is 15.7 Å². The Bertz CT molecular complexity index is 1020. The minimum Gasteiger partial charge on any atom is -0.282 e. The summed E-state index contributed by atoms with van der Waals surface area (Å²) in [6.07, 6.45) is -3.07.